The van der Waals surface area contributed by atoms with Crippen LogP contribution in [0, 0.1) is 0 Å². The third-order valence-corrected chi connectivity index (χ3v) is 8.29. The minimum absolute atomic E-state index is 0.0313. The Kier molecular flexibility index (Phi) is 6.29. The standard InChI is InChI=1S/C27H25N3OS2/c1-19(21-13-7-4-8-14-21)28-27-30(18-17-20-11-5-3-6-12-20)25(31)24(33-27)26-29(2)22-15-9-10-16-23(22)32-26/h3-16,19H,17-18H2,1-2H3/b26-24-,28-27?/t19-/m1/s1. The molecule has 0 radical (unpaired) electrons. The molecule has 1 amide bonds. The Bertz CT molecular complexity index is 1220. The zero-order valence-electron chi connectivity index (χ0n) is 18.6. The van der Waals surface area contributed by atoms with Crippen LogP contribution in [0.25, 0.3) is 0 Å². The summed E-state index contributed by atoms with van der Waals surface area (Å²) in [6.45, 7) is 2.69. The Morgan fingerprint density at radius 2 is 1.55 bits per heavy atom. The third-order valence-electron chi connectivity index (χ3n) is 5.85. The molecule has 33 heavy (non-hydrogen) atoms. The summed E-state index contributed by atoms with van der Waals surface area (Å²) >= 11 is 3.16. The number of amides is 1. The van der Waals surface area contributed by atoms with Crippen molar-refractivity contribution in [1.29, 1.82) is 0 Å². The first-order valence-electron chi connectivity index (χ1n) is 11.0. The molecule has 0 N–H and O–H groups in total. The van der Waals surface area contributed by atoms with Gasteiger partial charge in [0.1, 0.15) is 4.91 Å². The van der Waals surface area contributed by atoms with Crippen molar-refractivity contribution in [1.82, 2.24) is 4.90 Å². The minimum Gasteiger partial charge on any atom is -0.337 e. The van der Waals surface area contributed by atoms with Crippen molar-refractivity contribution >= 4 is 40.3 Å². The number of para-hydroxylation sites is 1. The molecule has 1 saturated heterocycles. The highest BCUT2D eigenvalue weighted by Crippen LogP contribution is 2.50. The molecule has 2 aliphatic heterocycles. The maximum Gasteiger partial charge on any atom is 0.269 e. The van der Waals surface area contributed by atoms with Crippen molar-refractivity contribution in [3.63, 3.8) is 0 Å². The van der Waals surface area contributed by atoms with Gasteiger partial charge in [-0.1, -0.05) is 84.6 Å². The van der Waals surface area contributed by atoms with Crippen LogP contribution < -0.4 is 4.90 Å². The molecule has 0 bridgehead atoms. The van der Waals surface area contributed by atoms with Gasteiger partial charge in [0.25, 0.3) is 5.91 Å². The average Bonchev–Trinajstić information content (AvgIpc) is 3.35. The van der Waals surface area contributed by atoms with E-state index in [-0.39, 0.29) is 11.9 Å². The summed E-state index contributed by atoms with van der Waals surface area (Å²) in [6.07, 6.45) is 0.789. The number of rotatable bonds is 5. The first-order valence-corrected chi connectivity index (χ1v) is 12.7. The number of aliphatic imine (C=N–C) groups is 1. The van der Waals surface area contributed by atoms with Gasteiger partial charge in [0.2, 0.25) is 0 Å². The Balaban J connectivity index is 1.48. The van der Waals surface area contributed by atoms with Gasteiger partial charge in [0, 0.05) is 18.5 Å². The lowest BCUT2D eigenvalue weighted by molar-refractivity contribution is -0.122. The Hall–Kier alpha value is -2.96. The van der Waals surface area contributed by atoms with Crippen LogP contribution in [0.15, 0.2) is 105 Å². The minimum atomic E-state index is -0.0313. The lowest BCUT2D eigenvalue weighted by atomic mass is 10.1. The number of fused-ring (bicyclic) bond motifs is 1. The summed E-state index contributed by atoms with van der Waals surface area (Å²) < 4.78 is 0. The average molecular weight is 472 g/mol. The van der Waals surface area contributed by atoms with Crippen molar-refractivity contribution < 1.29 is 4.79 Å². The van der Waals surface area contributed by atoms with E-state index in [4.69, 9.17) is 4.99 Å². The van der Waals surface area contributed by atoms with Gasteiger partial charge in [-0.3, -0.25) is 14.7 Å². The van der Waals surface area contributed by atoms with Gasteiger partial charge in [-0.05, 0) is 48.4 Å². The number of nitrogens with zero attached hydrogens (tertiary/aromatic N) is 3. The van der Waals surface area contributed by atoms with Crippen molar-refractivity contribution in [2.75, 3.05) is 18.5 Å². The molecule has 0 aromatic heterocycles. The van der Waals surface area contributed by atoms with Crippen LogP contribution in [0.4, 0.5) is 5.69 Å². The predicted octanol–water partition coefficient (Wildman–Crippen LogP) is 6.33. The van der Waals surface area contributed by atoms with Crippen molar-refractivity contribution in [2.45, 2.75) is 24.3 Å². The molecule has 1 fully saturated rings. The summed E-state index contributed by atoms with van der Waals surface area (Å²) in [5.74, 6) is 0.0390. The van der Waals surface area contributed by atoms with Crippen LogP contribution in [0.5, 0.6) is 0 Å². The van der Waals surface area contributed by atoms with Crippen molar-refractivity contribution in [2.24, 2.45) is 4.99 Å². The number of hydrogen-bond donors (Lipinski definition) is 0. The molecule has 1 atom stereocenters. The van der Waals surface area contributed by atoms with Crippen LogP contribution in [-0.4, -0.2) is 29.6 Å². The van der Waals surface area contributed by atoms with Gasteiger partial charge >= 0.3 is 0 Å². The van der Waals surface area contributed by atoms with E-state index in [1.807, 2.05) is 60.5 Å². The summed E-state index contributed by atoms with van der Waals surface area (Å²) in [6, 6.07) is 28.8. The van der Waals surface area contributed by atoms with Gasteiger partial charge in [-0.2, -0.15) is 0 Å². The summed E-state index contributed by atoms with van der Waals surface area (Å²) in [5.41, 5.74) is 3.49. The molecule has 166 valence electrons. The van der Waals surface area contributed by atoms with Crippen LogP contribution in [0.3, 0.4) is 0 Å². The van der Waals surface area contributed by atoms with Crippen LogP contribution in [-0.2, 0) is 11.2 Å². The van der Waals surface area contributed by atoms with Gasteiger partial charge in [0.05, 0.1) is 16.8 Å². The number of anilines is 1. The molecule has 2 aliphatic rings. The fourth-order valence-corrected chi connectivity index (χ4v) is 6.42. The predicted molar refractivity (Wildman–Crippen MR) is 139 cm³/mol. The molecule has 3 aromatic carbocycles. The Morgan fingerprint density at radius 1 is 0.879 bits per heavy atom. The fraction of sp³-hybridized carbons (Fsp3) is 0.185. The van der Waals surface area contributed by atoms with E-state index in [1.165, 1.54) is 22.2 Å². The van der Waals surface area contributed by atoms with Crippen molar-refractivity contribution in [3.8, 4) is 0 Å². The molecular weight excluding hydrogens is 446 g/mol. The first-order chi connectivity index (χ1) is 16.1. The van der Waals surface area contributed by atoms with E-state index >= 15 is 0 Å². The maximum absolute atomic E-state index is 13.7. The van der Waals surface area contributed by atoms with Gasteiger partial charge < -0.3 is 4.90 Å². The first kappa shape index (κ1) is 21.9. The lowest BCUT2D eigenvalue weighted by Gasteiger charge is -2.18. The van der Waals surface area contributed by atoms with E-state index in [0.29, 0.717) is 6.54 Å². The fourth-order valence-electron chi connectivity index (χ4n) is 3.99. The Morgan fingerprint density at radius 3 is 2.27 bits per heavy atom. The molecule has 4 nitrogen and oxygen atoms in total. The molecule has 0 spiro atoms. The summed E-state index contributed by atoms with van der Waals surface area (Å²) in [7, 11) is 2.03. The van der Waals surface area contributed by atoms with Crippen molar-refractivity contribution in [3.05, 3.63) is 106 Å². The SMILES string of the molecule is C[C@@H](N=C1S/C(=C2\Sc3ccccc3N2C)C(=O)N1CCc1ccccc1)c1ccccc1. The van der Waals surface area contributed by atoms with Gasteiger partial charge in [0.15, 0.2) is 5.17 Å². The largest absolute Gasteiger partial charge is 0.337 e. The monoisotopic (exact) mass is 471 g/mol. The second-order valence-corrected chi connectivity index (χ2v) is 10.1. The highest BCUT2D eigenvalue weighted by Gasteiger charge is 2.39. The zero-order chi connectivity index (χ0) is 22.8. The second-order valence-electron chi connectivity index (χ2n) is 8.06. The smallest absolute Gasteiger partial charge is 0.269 e. The molecule has 2 heterocycles. The molecule has 3 aromatic rings. The maximum atomic E-state index is 13.7. The number of carbonyl (C=O) groups is 1. The zero-order valence-corrected chi connectivity index (χ0v) is 20.3. The second kappa shape index (κ2) is 9.49. The summed E-state index contributed by atoms with van der Waals surface area (Å²) in [4.78, 5) is 24.6. The van der Waals surface area contributed by atoms with Gasteiger partial charge in [-0.25, -0.2) is 0 Å². The molecular formula is C27H25N3OS2. The van der Waals surface area contributed by atoms with E-state index < -0.39 is 0 Å². The molecule has 6 heteroatoms. The molecule has 0 aliphatic carbocycles. The van der Waals surface area contributed by atoms with Gasteiger partial charge in [-0.15, -0.1) is 0 Å². The van der Waals surface area contributed by atoms with E-state index in [2.05, 4.69) is 48.2 Å². The van der Waals surface area contributed by atoms with Crippen LogP contribution in [0.1, 0.15) is 24.1 Å². The van der Waals surface area contributed by atoms with E-state index in [0.717, 1.165) is 32.8 Å². The normalized spacial score (nSPS) is 19.9. The molecule has 0 saturated carbocycles. The number of carbonyl (C=O) groups excluding carboxylic acids is 1. The topological polar surface area (TPSA) is 35.9 Å². The highest BCUT2D eigenvalue weighted by atomic mass is 32.2. The van der Waals surface area contributed by atoms with E-state index in [9.17, 15) is 4.79 Å². The van der Waals surface area contributed by atoms with Crippen LogP contribution in [0.2, 0.25) is 0 Å². The third kappa shape index (κ3) is 4.45. The highest BCUT2D eigenvalue weighted by molar-refractivity contribution is 8.19. The lowest BCUT2D eigenvalue weighted by Crippen LogP contribution is -2.32. The number of benzene rings is 3. The quantitative estimate of drug-likeness (QED) is 0.407. The Labute approximate surface area is 203 Å². The number of amidine groups is 1. The number of thioether (sulfide) groups is 2. The summed E-state index contributed by atoms with van der Waals surface area (Å²) in [5, 5.41) is 1.76. The molecule has 5 rings (SSSR count). The van der Waals surface area contributed by atoms with E-state index in [1.54, 1.807) is 11.8 Å². The molecule has 0 unspecified atom stereocenters. The van der Waals surface area contributed by atoms with Crippen LogP contribution >= 0.6 is 23.5 Å². The number of hydrogen-bond acceptors (Lipinski definition) is 5.